The highest BCUT2D eigenvalue weighted by Gasteiger charge is 2.36. The highest BCUT2D eigenvalue weighted by atomic mass is 16.5. The minimum Gasteiger partial charge on any atom is -0.461 e. The van der Waals surface area contributed by atoms with Crippen molar-refractivity contribution >= 4 is 17.5 Å². The number of esters is 1. The number of hydrogen-bond acceptors (Lipinski definition) is 4. The molecule has 5 heteroatoms. The van der Waals surface area contributed by atoms with Crippen molar-refractivity contribution in [2.45, 2.75) is 26.7 Å². The first-order valence-electron chi connectivity index (χ1n) is 7.70. The lowest BCUT2D eigenvalue weighted by molar-refractivity contribution is 0.0519. The Morgan fingerprint density at radius 2 is 1.74 bits per heavy atom. The molecular formula is C18H17NO4. The van der Waals surface area contributed by atoms with Gasteiger partial charge in [0.1, 0.15) is 5.69 Å². The molecule has 1 aliphatic rings. The van der Waals surface area contributed by atoms with Crippen LogP contribution >= 0.6 is 0 Å². The minimum atomic E-state index is -0.532. The van der Waals surface area contributed by atoms with Crippen molar-refractivity contribution in [2.75, 3.05) is 6.61 Å². The average molecular weight is 311 g/mol. The Balaban J connectivity index is 2.22. The number of nitrogens with one attached hydrogen (secondary N) is 1. The Morgan fingerprint density at radius 1 is 1.09 bits per heavy atom. The first-order chi connectivity index (χ1) is 11.1. The van der Waals surface area contributed by atoms with Gasteiger partial charge in [0.05, 0.1) is 17.9 Å². The molecule has 0 bridgehead atoms. The number of ether oxygens (including phenoxy) is 1. The van der Waals surface area contributed by atoms with Crippen LogP contribution in [0.5, 0.6) is 0 Å². The molecule has 1 aliphatic carbocycles. The molecule has 0 saturated carbocycles. The monoisotopic (exact) mass is 311 g/mol. The summed E-state index contributed by atoms with van der Waals surface area (Å²) in [6.45, 7) is 3.90. The molecule has 1 N–H and O–H groups in total. The Bertz CT molecular complexity index is 816. The van der Waals surface area contributed by atoms with E-state index < -0.39 is 5.97 Å². The number of rotatable bonds is 4. The SMILES string of the molecule is CCCc1c(C(=O)OCC)[nH]c2c1C(=O)c1ccccc1C2=O. The molecule has 1 aromatic carbocycles. The number of benzene rings is 1. The molecule has 0 fully saturated rings. The minimum absolute atomic E-state index is 0.195. The van der Waals surface area contributed by atoms with Crippen LogP contribution in [0.1, 0.15) is 68.3 Å². The highest BCUT2D eigenvalue weighted by molar-refractivity contribution is 6.29. The lowest BCUT2D eigenvalue weighted by Gasteiger charge is -2.14. The maximum Gasteiger partial charge on any atom is 0.355 e. The molecule has 5 nitrogen and oxygen atoms in total. The van der Waals surface area contributed by atoms with E-state index >= 15 is 0 Å². The number of carbonyl (C=O) groups excluding carboxylic acids is 3. The lowest BCUT2D eigenvalue weighted by Crippen LogP contribution is -2.20. The number of H-pyrrole nitrogens is 1. The van der Waals surface area contributed by atoms with Gasteiger partial charge in [-0.3, -0.25) is 9.59 Å². The van der Waals surface area contributed by atoms with Gasteiger partial charge in [-0.25, -0.2) is 4.79 Å². The summed E-state index contributed by atoms with van der Waals surface area (Å²) in [4.78, 5) is 40.5. The fourth-order valence-corrected chi connectivity index (χ4v) is 2.99. The fourth-order valence-electron chi connectivity index (χ4n) is 2.99. The van der Waals surface area contributed by atoms with Gasteiger partial charge in [0.15, 0.2) is 5.78 Å². The zero-order chi connectivity index (χ0) is 16.6. The van der Waals surface area contributed by atoms with Crippen LogP contribution in [0.4, 0.5) is 0 Å². The summed E-state index contributed by atoms with van der Waals surface area (Å²) >= 11 is 0. The van der Waals surface area contributed by atoms with E-state index in [0.29, 0.717) is 28.7 Å². The third kappa shape index (κ3) is 2.29. The summed E-state index contributed by atoms with van der Waals surface area (Å²) in [6.07, 6.45) is 1.28. The molecule has 0 saturated heterocycles. The van der Waals surface area contributed by atoms with Crippen LogP contribution in [-0.2, 0) is 11.2 Å². The van der Waals surface area contributed by atoms with Crippen molar-refractivity contribution in [2.24, 2.45) is 0 Å². The third-order valence-electron chi connectivity index (χ3n) is 3.95. The topological polar surface area (TPSA) is 76.2 Å². The molecule has 0 amide bonds. The molecule has 0 spiro atoms. The van der Waals surface area contributed by atoms with Crippen molar-refractivity contribution in [3.05, 3.63) is 57.9 Å². The second-order valence-electron chi connectivity index (χ2n) is 5.40. The Labute approximate surface area is 133 Å². The molecule has 1 heterocycles. The molecule has 0 unspecified atom stereocenters. The van der Waals surface area contributed by atoms with Gasteiger partial charge in [-0.05, 0) is 18.9 Å². The van der Waals surface area contributed by atoms with E-state index in [1.807, 2.05) is 6.92 Å². The summed E-state index contributed by atoms with van der Waals surface area (Å²) in [5, 5.41) is 0. The van der Waals surface area contributed by atoms with Crippen molar-refractivity contribution in [1.82, 2.24) is 4.98 Å². The lowest BCUT2D eigenvalue weighted by atomic mass is 9.85. The molecular weight excluding hydrogens is 294 g/mol. The van der Waals surface area contributed by atoms with Crippen LogP contribution in [0.15, 0.2) is 24.3 Å². The van der Waals surface area contributed by atoms with Gasteiger partial charge in [0.2, 0.25) is 5.78 Å². The van der Waals surface area contributed by atoms with Crippen LogP contribution < -0.4 is 0 Å². The van der Waals surface area contributed by atoms with Gasteiger partial charge in [0.25, 0.3) is 0 Å². The highest BCUT2D eigenvalue weighted by Crippen LogP contribution is 2.32. The zero-order valence-corrected chi connectivity index (χ0v) is 13.1. The number of carbonyl (C=O) groups is 3. The van der Waals surface area contributed by atoms with Crippen LogP contribution in [0.25, 0.3) is 0 Å². The van der Waals surface area contributed by atoms with Crippen LogP contribution in [0.2, 0.25) is 0 Å². The molecule has 118 valence electrons. The first kappa shape index (κ1) is 15.2. The predicted octanol–water partition coefficient (Wildman–Crippen LogP) is 2.92. The van der Waals surface area contributed by atoms with Gasteiger partial charge >= 0.3 is 5.97 Å². The summed E-state index contributed by atoms with van der Waals surface area (Å²) in [5.41, 5.74) is 2.06. The first-order valence-corrected chi connectivity index (χ1v) is 7.70. The Morgan fingerprint density at radius 3 is 2.35 bits per heavy atom. The quantitative estimate of drug-likeness (QED) is 0.752. The van der Waals surface area contributed by atoms with Gasteiger partial charge < -0.3 is 9.72 Å². The molecule has 3 rings (SSSR count). The summed E-state index contributed by atoms with van der Waals surface area (Å²) in [7, 11) is 0. The van der Waals surface area contributed by atoms with E-state index in [2.05, 4.69) is 4.98 Å². The zero-order valence-electron chi connectivity index (χ0n) is 13.1. The van der Waals surface area contributed by atoms with E-state index in [1.54, 1.807) is 31.2 Å². The Hall–Kier alpha value is -2.69. The van der Waals surface area contributed by atoms with Crippen LogP contribution in [0.3, 0.4) is 0 Å². The molecule has 1 aromatic heterocycles. The van der Waals surface area contributed by atoms with Gasteiger partial charge in [-0.15, -0.1) is 0 Å². The summed E-state index contributed by atoms with van der Waals surface area (Å²) < 4.78 is 5.05. The van der Waals surface area contributed by atoms with Crippen molar-refractivity contribution in [1.29, 1.82) is 0 Å². The van der Waals surface area contributed by atoms with E-state index in [4.69, 9.17) is 4.74 Å². The maximum absolute atomic E-state index is 12.8. The predicted molar refractivity (Wildman–Crippen MR) is 84.1 cm³/mol. The second kappa shape index (κ2) is 5.83. The van der Waals surface area contributed by atoms with E-state index in [1.165, 1.54) is 0 Å². The smallest absolute Gasteiger partial charge is 0.355 e. The normalized spacial score (nSPS) is 12.8. The molecule has 0 radical (unpaired) electrons. The number of aromatic amines is 1. The number of ketones is 2. The van der Waals surface area contributed by atoms with Gasteiger partial charge in [0, 0.05) is 11.1 Å². The number of aromatic nitrogens is 1. The van der Waals surface area contributed by atoms with Crippen molar-refractivity contribution < 1.29 is 19.1 Å². The Kier molecular flexibility index (Phi) is 3.86. The molecule has 0 atom stereocenters. The number of fused-ring (bicyclic) bond motifs is 2. The fraction of sp³-hybridized carbons (Fsp3) is 0.278. The average Bonchev–Trinajstić information content (AvgIpc) is 2.93. The largest absolute Gasteiger partial charge is 0.461 e. The van der Waals surface area contributed by atoms with E-state index in [-0.39, 0.29) is 29.6 Å². The van der Waals surface area contributed by atoms with Crippen molar-refractivity contribution in [3.63, 3.8) is 0 Å². The molecule has 23 heavy (non-hydrogen) atoms. The second-order valence-corrected chi connectivity index (χ2v) is 5.40. The van der Waals surface area contributed by atoms with Crippen LogP contribution in [0, 0.1) is 0 Å². The third-order valence-corrected chi connectivity index (χ3v) is 3.95. The van der Waals surface area contributed by atoms with E-state index in [9.17, 15) is 14.4 Å². The maximum atomic E-state index is 12.8. The summed E-state index contributed by atoms with van der Waals surface area (Å²) in [6, 6.07) is 6.72. The van der Waals surface area contributed by atoms with Gasteiger partial charge in [-0.1, -0.05) is 37.6 Å². The summed E-state index contributed by atoms with van der Waals surface area (Å²) in [5.74, 6) is -1.01. The van der Waals surface area contributed by atoms with Gasteiger partial charge in [-0.2, -0.15) is 0 Å². The molecule has 0 aliphatic heterocycles. The molecule has 2 aromatic rings. The number of hydrogen-bond donors (Lipinski definition) is 1. The van der Waals surface area contributed by atoms with Crippen molar-refractivity contribution in [3.8, 4) is 0 Å². The van der Waals surface area contributed by atoms with Crippen LogP contribution in [-0.4, -0.2) is 29.1 Å². The standard InChI is InChI=1S/C18H17NO4/c1-3-7-12-13-15(19-14(12)18(22)23-4-2)17(21)11-9-6-5-8-10(11)16(13)20/h5-6,8-9,19H,3-4,7H2,1-2H3. The van der Waals surface area contributed by atoms with E-state index in [0.717, 1.165) is 6.42 Å².